The quantitative estimate of drug-likeness (QED) is 0.627. The van der Waals surface area contributed by atoms with Gasteiger partial charge in [-0.25, -0.2) is 14.5 Å². The second-order valence-electron chi connectivity index (χ2n) is 7.05. The average molecular weight is 413 g/mol. The van der Waals surface area contributed by atoms with E-state index in [9.17, 15) is 9.90 Å². The molecule has 1 N–H and O–H groups in total. The third-order valence-corrected chi connectivity index (χ3v) is 5.78. The minimum atomic E-state index is -0.383. The Morgan fingerprint density at radius 2 is 2.17 bits per heavy atom. The first-order valence-electron chi connectivity index (χ1n) is 9.81. The van der Waals surface area contributed by atoms with Crippen LogP contribution in [-0.2, 0) is 11.3 Å². The second-order valence-corrected chi connectivity index (χ2v) is 7.89. The van der Waals surface area contributed by atoms with Gasteiger partial charge in [-0.2, -0.15) is 5.10 Å². The number of aliphatic hydroxyl groups is 1. The molecule has 1 atom stereocenters. The maximum absolute atomic E-state index is 12.5. The van der Waals surface area contributed by atoms with Crippen LogP contribution in [0.4, 0.5) is 0 Å². The number of esters is 1. The summed E-state index contributed by atoms with van der Waals surface area (Å²) >= 11 is 1.48. The van der Waals surface area contributed by atoms with Crippen molar-refractivity contribution in [3.63, 3.8) is 0 Å². The lowest BCUT2D eigenvalue weighted by Crippen LogP contribution is -2.38. The second kappa shape index (κ2) is 8.86. The van der Waals surface area contributed by atoms with E-state index < -0.39 is 0 Å². The first-order valence-corrected chi connectivity index (χ1v) is 10.7. The summed E-state index contributed by atoms with van der Waals surface area (Å²) < 4.78 is 6.95. The number of ether oxygens (including phenoxy) is 1. The van der Waals surface area contributed by atoms with E-state index in [4.69, 9.17) is 9.72 Å². The van der Waals surface area contributed by atoms with Crippen LogP contribution >= 0.6 is 11.3 Å². The number of aromatic nitrogens is 3. The number of benzene rings is 1. The number of carbonyl (C=O) groups is 1. The molecule has 1 fully saturated rings. The Hall–Kier alpha value is -2.55. The van der Waals surface area contributed by atoms with Crippen LogP contribution in [-0.4, -0.2) is 56.5 Å². The van der Waals surface area contributed by atoms with Crippen molar-refractivity contribution < 1.29 is 14.6 Å². The lowest BCUT2D eigenvalue weighted by molar-refractivity contribution is 0.0517. The van der Waals surface area contributed by atoms with Gasteiger partial charge in [0.15, 0.2) is 0 Å². The monoisotopic (exact) mass is 412 g/mol. The van der Waals surface area contributed by atoms with Crippen molar-refractivity contribution in [1.82, 2.24) is 19.7 Å². The Balaban J connectivity index is 1.67. The number of likely N-dealkylation sites (tertiary alicyclic amines) is 1. The summed E-state index contributed by atoms with van der Waals surface area (Å²) in [7, 11) is 0. The normalized spacial score (nSPS) is 17.4. The molecule has 29 heavy (non-hydrogen) atoms. The van der Waals surface area contributed by atoms with Gasteiger partial charge in [0, 0.05) is 24.0 Å². The largest absolute Gasteiger partial charge is 0.462 e. The van der Waals surface area contributed by atoms with Crippen LogP contribution in [0.3, 0.4) is 0 Å². The highest BCUT2D eigenvalue weighted by atomic mass is 32.1. The summed E-state index contributed by atoms with van der Waals surface area (Å²) in [5, 5.41) is 17.2. The minimum Gasteiger partial charge on any atom is -0.462 e. The minimum absolute atomic E-state index is 0.307. The van der Waals surface area contributed by atoms with Crippen molar-refractivity contribution in [2.45, 2.75) is 32.4 Å². The van der Waals surface area contributed by atoms with Crippen LogP contribution in [0, 0.1) is 0 Å². The predicted octanol–water partition coefficient (Wildman–Crippen LogP) is 3.13. The molecular weight excluding hydrogens is 388 g/mol. The Labute approximate surface area is 173 Å². The molecule has 1 aliphatic heterocycles. The number of hydrogen-bond acceptors (Lipinski definition) is 7. The highest BCUT2D eigenvalue weighted by molar-refractivity contribution is 7.12. The van der Waals surface area contributed by atoms with Crippen LogP contribution in [0.5, 0.6) is 0 Å². The van der Waals surface area contributed by atoms with E-state index in [0.717, 1.165) is 36.3 Å². The lowest BCUT2D eigenvalue weighted by Gasteiger charge is -2.30. The summed E-state index contributed by atoms with van der Waals surface area (Å²) in [6.45, 7) is 4.06. The summed E-state index contributed by atoms with van der Waals surface area (Å²) in [5.74, 6) is -0.383. The molecule has 0 spiro atoms. The fourth-order valence-electron chi connectivity index (χ4n) is 3.56. The van der Waals surface area contributed by atoms with Crippen molar-refractivity contribution in [1.29, 1.82) is 0 Å². The molecule has 7 nitrogen and oxygen atoms in total. The molecule has 1 aliphatic rings. The fraction of sp³-hybridized carbons (Fsp3) is 0.381. The van der Waals surface area contributed by atoms with E-state index in [-0.39, 0.29) is 12.1 Å². The molecule has 1 unspecified atom stereocenters. The molecule has 3 heterocycles. The third-order valence-electron chi connectivity index (χ3n) is 4.96. The van der Waals surface area contributed by atoms with Crippen LogP contribution in [0.1, 0.15) is 35.8 Å². The Morgan fingerprint density at radius 1 is 1.34 bits per heavy atom. The number of rotatable bonds is 6. The first-order chi connectivity index (χ1) is 14.2. The van der Waals surface area contributed by atoms with Gasteiger partial charge in [-0.3, -0.25) is 4.90 Å². The van der Waals surface area contributed by atoms with Gasteiger partial charge < -0.3 is 9.84 Å². The van der Waals surface area contributed by atoms with Crippen molar-refractivity contribution in [2.24, 2.45) is 0 Å². The summed E-state index contributed by atoms with van der Waals surface area (Å²) in [5.41, 5.74) is 3.10. The number of β-amino-alcohol motifs (C(OH)–C–C–N with tert-alkyl or cyclic N) is 1. The molecule has 2 aromatic heterocycles. The Bertz CT molecular complexity index is 969. The Kier molecular flexibility index (Phi) is 6.03. The van der Waals surface area contributed by atoms with Gasteiger partial charge in [0.1, 0.15) is 5.56 Å². The summed E-state index contributed by atoms with van der Waals surface area (Å²) in [6.07, 6.45) is 2.96. The molecule has 4 rings (SSSR count). The van der Waals surface area contributed by atoms with Crippen molar-refractivity contribution in [3.8, 4) is 16.4 Å². The average Bonchev–Trinajstić information content (AvgIpc) is 3.36. The molecule has 1 aromatic carbocycles. The van der Waals surface area contributed by atoms with Gasteiger partial charge in [-0.1, -0.05) is 30.3 Å². The van der Waals surface area contributed by atoms with Crippen LogP contribution < -0.4 is 0 Å². The van der Waals surface area contributed by atoms with E-state index in [1.807, 2.05) is 35.7 Å². The third kappa shape index (κ3) is 4.39. The molecule has 8 heteroatoms. The molecule has 152 valence electrons. The standard InChI is InChI=1S/C21H24N4O3S/c1-2-28-20(27)17-11-22-25(19(17)13-24-10-6-9-16(26)12-24)21-23-18(14-29-21)15-7-4-3-5-8-15/h3-5,7-8,11,14,16,26H,2,6,9-10,12-13H2,1H3. The smallest absolute Gasteiger partial charge is 0.341 e. The zero-order valence-electron chi connectivity index (χ0n) is 16.3. The molecule has 0 saturated carbocycles. The van der Waals surface area contributed by atoms with Gasteiger partial charge in [-0.05, 0) is 26.3 Å². The lowest BCUT2D eigenvalue weighted by atomic mass is 10.1. The molecule has 3 aromatic rings. The number of nitrogens with zero attached hydrogens (tertiary/aromatic N) is 4. The maximum Gasteiger partial charge on any atom is 0.341 e. The van der Waals surface area contributed by atoms with Crippen molar-refractivity contribution in [2.75, 3.05) is 19.7 Å². The number of piperidine rings is 1. The number of carbonyl (C=O) groups excluding carboxylic acids is 1. The highest BCUT2D eigenvalue weighted by Crippen LogP contribution is 2.26. The van der Waals surface area contributed by atoms with Gasteiger partial charge in [0.25, 0.3) is 0 Å². The number of aliphatic hydroxyl groups excluding tert-OH is 1. The Morgan fingerprint density at radius 3 is 2.93 bits per heavy atom. The number of thiazole rings is 1. The predicted molar refractivity (Wildman–Crippen MR) is 111 cm³/mol. The molecule has 0 radical (unpaired) electrons. The van der Waals surface area contributed by atoms with E-state index in [0.29, 0.717) is 30.4 Å². The fourth-order valence-corrected chi connectivity index (χ4v) is 4.37. The van der Waals surface area contributed by atoms with Gasteiger partial charge >= 0.3 is 5.97 Å². The van der Waals surface area contributed by atoms with Gasteiger partial charge in [-0.15, -0.1) is 11.3 Å². The van der Waals surface area contributed by atoms with Crippen LogP contribution in [0.15, 0.2) is 41.9 Å². The molecular formula is C21H24N4O3S. The SMILES string of the molecule is CCOC(=O)c1cnn(-c2nc(-c3ccccc3)cs2)c1CN1CCCC(O)C1. The van der Waals surface area contributed by atoms with Crippen LogP contribution in [0.25, 0.3) is 16.4 Å². The van der Waals surface area contributed by atoms with Gasteiger partial charge in [0.2, 0.25) is 5.13 Å². The summed E-state index contributed by atoms with van der Waals surface area (Å²) in [4.78, 5) is 19.4. The molecule has 1 saturated heterocycles. The first kappa shape index (κ1) is 19.8. The van der Waals surface area contributed by atoms with E-state index in [1.54, 1.807) is 17.8 Å². The van der Waals surface area contributed by atoms with Crippen LogP contribution in [0.2, 0.25) is 0 Å². The topological polar surface area (TPSA) is 80.5 Å². The van der Waals surface area contributed by atoms with Crippen molar-refractivity contribution >= 4 is 17.3 Å². The molecule has 0 aliphatic carbocycles. The van der Waals surface area contributed by atoms with E-state index in [2.05, 4.69) is 10.00 Å². The zero-order chi connectivity index (χ0) is 20.2. The summed E-state index contributed by atoms with van der Waals surface area (Å²) in [6, 6.07) is 9.97. The van der Waals surface area contributed by atoms with Gasteiger partial charge in [0.05, 0.1) is 30.3 Å². The molecule has 0 amide bonds. The van der Waals surface area contributed by atoms with E-state index in [1.165, 1.54) is 11.3 Å². The highest BCUT2D eigenvalue weighted by Gasteiger charge is 2.25. The number of hydrogen-bond donors (Lipinski definition) is 1. The maximum atomic E-state index is 12.5. The molecule has 0 bridgehead atoms. The zero-order valence-corrected chi connectivity index (χ0v) is 17.1. The van der Waals surface area contributed by atoms with Crippen molar-refractivity contribution in [3.05, 3.63) is 53.2 Å². The van der Waals surface area contributed by atoms with E-state index >= 15 is 0 Å².